The van der Waals surface area contributed by atoms with Gasteiger partial charge in [0, 0.05) is 95.9 Å². The standard InChI is InChI=1S/C13H18N2O4S.C12H16N2O5S.C11H18O5.C9H12N2O5S.C5H12O2.C4H4N2OS.CH3O.CH4.Na/c1-4-9-7(2)11(18-8(3)16)12(19-9)15-6-5-10(17)14-13(15)20;1-12(2)18-8-6(5-15)17-10(9(8)19-12)14-4-3-7(16)13-11(14)20;1-5-9-6(2)10(14-7(3)12)11(16-9)15-8(4)13;12-3-4-6(14)7(15)8(16-4)11-2-1-5(13)10-9(11)17;1-5(2,6-3)7-4;7-3-1-2-5-4(8)6-3;1-2;;/h5-7,9,11-12H,4H2,1-3H3,(H,14,17,20);3-4,6,8-10,15H,5H2,1-2H3,(H,13,16,20);6,9-11H,5H2,1-4H3;1-2,4,6-8,12,14-15H,3H2,(H,10,13,17);1-4H3;1-2H,(H2,5,6,7,8);1H3;1H4;/q;;;;;;-1;;+1/t7-,9+,11?,12+;6-,8+,9?,10-;6-,9+,10?,11+;4-,6+,7?,8-;;;;;/m0101...../s1. The summed E-state index contributed by atoms with van der Waals surface area (Å²) < 4.78 is 64.8. The molecule has 31 nitrogen and oxygen atoms in total. The zero-order chi connectivity index (χ0) is 68.1. The minimum atomic E-state index is -1.22. The molecule has 92 heavy (non-hydrogen) atoms. The third kappa shape index (κ3) is 24.8. The molecule has 0 amide bonds. The molecule has 0 aromatic carbocycles. The Bertz CT molecular complexity index is 3400. The monoisotopic (exact) mass is 1390 g/mol. The van der Waals surface area contributed by atoms with Crippen LogP contribution in [0.5, 0.6) is 0 Å². The zero-order valence-electron chi connectivity index (χ0n) is 53.2. The van der Waals surface area contributed by atoms with Crippen LogP contribution in [0.4, 0.5) is 0 Å². The number of H-pyrrole nitrogens is 5. The number of aliphatic hydroxyl groups is 4. The summed E-state index contributed by atoms with van der Waals surface area (Å²) in [5, 5.41) is 45.9. The molecule has 5 fully saturated rings. The van der Waals surface area contributed by atoms with Crippen molar-refractivity contribution in [1.29, 1.82) is 0 Å². The van der Waals surface area contributed by atoms with Crippen LogP contribution in [0, 0.1) is 30.9 Å². The van der Waals surface area contributed by atoms with Crippen molar-refractivity contribution < 1.29 is 122 Å². The molecular formula is C56H87N8NaO23S4. The molecule has 9 rings (SSSR count). The third-order valence-electron chi connectivity index (χ3n) is 13.9. The van der Waals surface area contributed by atoms with E-state index in [-0.39, 0.29) is 122 Å². The second kappa shape index (κ2) is 40.0. The van der Waals surface area contributed by atoms with Crippen molar-refractivity contribution in [2.75, 3.05) is 34.5 Å². The molecule has 5 aliphatic heterocycles. The summed E-state index contributed by atoms with van der Waals surface area (Å²) in [7, 11) is 3.98. The van der Waals surface area contributed by atoms with Crippen LogP contribution in [0.25, 0.3) is 0 Å². The van der Waals surface area contributed by atoms with E-state index in [0.29, 0.717) is 4.77 Å². The van der Waals surface area contributed by atoms with E-state index in [1.54, 1.807) is 35.7 Å². The van der Waals surface area contributed by atoms with E-state index in [0.717, 1.165) is 20.0 Å². The molecule has 16 atom stereocenters. The van der Waals surface area contributed by atoms with Gasteiger partial charge in [-0.2, -0.15) is 7.11 Å². The molecule has 514 valence electrons. The normalized spacial score (nSPS) is 27.7. The van der Waals surface area contributed by atoms with Crippen molar-refractivity contribution in [1.82, 2.24) is 38.6 Å². The molecule has 9 N–H and O–H groups in total. The van der Waals surface area contributed by atoms with Crippen LogP contribution in [0.15, 0.2) is 68.2 Å². The number of aliphatic hydroxyl groups excluding tert-OH is 4. The molecule has 5 aliphatic rings. The predicted molar refractivity (Wildman–Crippen MR) is 333 cm³/mol. The summed E-state index contributed by atoms with van der Waals surface area (Å²) >= 11 is 19.8. The summed E-state index contributed by atoms with van der Waals surface area (Å²) in [6.07, 6.45) is -0.690. The maximum Gasteiger partial charge on any atom is 1.00 e. The number of ether oxygens (including phenoxy) is 11. The number of carbonyl (C=O) groups excluding carboxylic acids is 3. The van der Waals surface area contributed by atoms with Crippen LogP contribution in [0.1, 0.15) is 115 Å². The van der Waals surface area contributed by atoms with Gasteiger partial charge in [0.15, 0.2) is 61.6 Å². The van der Waals surface area contributed by atoms with Crippen molar-refractivity contribution in [3.63, 3.8) is 0 Å². The number of rotatable bonds is 12. The number of esters is 3. The van der Waals surface area contributed by atoms with Gasteiger partial charge in [0.1, 0.15) is 36.6 Å². The fourth-order valence-electron chi connectivity index (χ4n) is 9.30. The van der Waals surface area contributed by atoms with Crippen LogP contribution in [0.2, 0.25) is 0 Å². The average Bonchev–Trinajstić information content (AvgIpc) is 1.65. The van der Waals surface area contributed by atoms with E-state index in [9.17, 15) is 48.9 Å². The molecule has 5 saturated heterocycles. The minimum absolute atomic E-state index is 0. The van der Waals surface area contributed by atoms with Gasteiger partial charge in [0.05, 0.1) is 25.4 Å². The largest absolute Gasteiger partial charge is 1.00 e. The first-order chi connectivity index (χ1) is 42.2. The van der Waals surface area contributed by atoms with Gasteiger partial charge in [-0.15, -0.1) is 0 Å². The van der Waals surface area contributed by atoms with Crippen LogP contribution < -0.4 is 56.9 Å². The van der Waals surface area contributed by atoms with Gasteiger partial charge in [-0.05, 0) is 89.4 Å². The average molecular weight is 1390 g/mol. The van der Waals surface area contributed by atoms with Crippen LogP contribution in [-0.2, 0) is 66.5 Å². The first-order valence-electron chi connectivity index (χ1n) is 28.1. The molecule has 0 spiro atoms. The summed E-state index contributed by atoms with van der Waals surface area (Å²) in [6.45, 7) is 18.6. The number of aromatic nitrogens is 8. The Morgan fingerprint density at radius 2 is 0.989 bits per heavy atom. The van der Waals surface area contributed by atoms with Crippen LogP contribution >= 0.6 is 48.9 Å². The molecule has 9 heterocycles. The van der Waals surface area contributed by atoms with Gasteiger partial charge >= 0.3 is 47.5 Å². The Morgan fingerprint density at radius 3 is 1.37 bits per heavy atom. The van der Waals surface area contributed by atoms with Gasteiger partial charge in [-0.1, -0.05) is 35.1 Å². The van der Waals surface area contributed by atoms with Crippen molar-refractivity contribution in [3.05, 3.63) is 110 Å². The number of fused-ring (bicyclic) bond motifs is 1. The molecule has 0 aliphatic carbocycles. The van der Waals surface area contributed by atoms with E-state index in [1.165, 1.54) is 62.0 Å². The summed E-state index contributed by atoms with van der Waals surface area (Å²) in [6, 6.07) is 5.33. The smallest absolute Gasteiger partial charge is 0.857 e. The second-order valence-corrected chi connectivity index (χ2v) is 22.7. The fraction of sp³-hybridized carbons (Fsp3) is 0.661. The summed E-state index contributed by atoms with van der Waals surface area (Å²) in [4.78, 5) is 89.4. The van der Waals surface area contributed by atoms with Crippen molar-refractivity contribution >= 4 is 66.8 Å². The van der Waals surface area contributed by atoms with Gasteiger partial charge in [0.25, 0.3) is 22.2 Å². The Morgan fingerprint density at radius 1 is 0.598 bits per heavy atom. The SMILES string of the molecule is C.CC1(C)OC2[C@@H](O1)[C@@H](CO)O[C@H]2n1ccc(=O)[nH]c1=S.CC[C@H]1O[C@@H](OC(C)=O)C(OC(C)=O)[C@H]1C.CC[C@H]1O[C@@H](n2ccc(=O)[nH]c2=S)C(OC(C)=O)[C@H]1C.COC(C)(C)OC.C[O-].O=c1cc[nH]c(=S)[nH]1.O=c1ccn([C@@H]2O[C@H](CO)[C@H](O)C2O)c(=S)[nH]1.[Na+]. The molecule has 0 radical (unpaired) electrons. The molecule has 4 aromatic rings. The van der Waals surface area contributed by atoms with Crippen molar-refractivity contribution in [2.24, 2.45) is 11.8 Å². The Kier molecular flexibility index (Phi) is 37.1. The Labute approximate surface area is 573 Å². The van der Waals surface area contributed by atoms with E-state index < -0.39 is 91.7 Å². The molecule has 0 saturated carbocycles. The quantitative estimate of drug-likeness (QED) is 0.0295. The summed E-state index contributed by atoms with van der Waals surface area (Å²) in [5.41, 5.74) is -1.08. The maximum atomic E-state index is 11.3. The Hall–Kier alpha value is -4.71. The van der Waals surface area contributed by atoms with E-state index in [4.69, 9.17) is 99.0 Å². The Balaban J connectivity index is 0.000000563. The molecular weight excluding hydrogens is 1300 g/mol. The number of aromatic amines is 5. The van der Waals surface area contributed by atoms with Gasteiger partial charge in [-0.3, -0.25) is 67.2 Å². The van der Waals surface area contributed by atoms with E-state index in [2.05, 4.69) is 37.1 Å². The van der Waals surface area contributed by atoms with E-state index >= 15 is 0 Å². The molecule has 4 aromatic heterocycles. The summed E-state index contributed by atoms with van der Waals surface area (Å²) in [5.74, 6) is -2.26. The fourth-order valence-corrected chi connectivity index (χ4v) is 10.3. The van der Waals surface area contributed by atoms with E-state index in [1.807, 2.05) is 55.4 Å². The van der Waals surface area contributed by atoms with Gasteiger partial charge in [-0.25, -0.2) is 0 Å². The first kappa shape index (κ1) is 85.3. The minimum Gasteiger partial charge on any atom is -0.857 e. The van der Waals surface area contributed by atoms with Gasteiger partial charge < -0.3 is 82.6 Å². The zero-order valence-corrected chi connectivity index (χ0v) is 58.5. The van der Waals surface area contributed by atoms with Gasteiger partial charge in [0.2, 0.25) is 6.29 Å². The van der Waals surface area contributed by atoms with Crippen molar-refractivity contribution in [3.8, 4) is 0 Å². The predicted octanol–water partition coefficient (Wildman–Crippen LogP) is -0.0692. The van der Waals surface area contributed by atoms with Crippen LogP contribution in [-0.4, -0.2) is 190 Å². The third-order valence-corrected chi connectivity index (χ3v) is 15.1. The first-order valence-corrected chi connectivity index (χ1v) is 29.7. The molecule has 36 heteroatoms. The molecule has 4 unspecified atom stereocenters. The molecule has 0 bridgehead atoms. The number of carbonyl (C=O) groups is 3. The second-order valence-electron chi connectivity index (χ2n) is 21.1. The number of methoxy groups -OCH3 is 2. The number of nitrogens with one attached hydrogen (secondary N) is 5. The topological polar surface area (TPSA) is 419 Å². The number of hydrogen-bond acceptors (Lipinski definition) is 27. The van der Waals surface area contributed by atoms with Crippen LogP contribution in [0.3, 0.4) is 0 Å². The number of hydrogen-bond donors (Lipinski definition) is 9. The van der Waals surface area contributed by atoms with Crippen molar-refractivity contribution in [2.45, 2.75) is 194 Å². The number of nitrogens with zero attached hydrogens (tertiary/aromatic N) is 3. The maximum absolute atomic E-state index is 11.3.